The number of fused-ring (bicyclic) bond motifs is 3. The second-order valence-electron chi connectivity index (χ2n) is 11.7. The lowest BCUT2D eigenvalue weighted by atomic mass is 9.95. The number of phenols is 1. The summed E-state index contributed by atoms with van der Waals surface area (Å²) in [5.74, 6) is 0.920. The fourth-order valence-electron chi connectivity index (χ4n) is 6.90. The highest BCUT2D eigenvalue weighted by atomic mass is 19.1. The average molecular weight is 606 g/mol. The van der Waals surface area contributed by atoms with Gasteiger partial charge in [-0.2, -0.15) is 9.97 Å². The van der Waals surface area contributed by atoms with Crippen LogP contribution in [0, 0.1) is 24.0 Å². The molecule has 0 spiro atoms. The molecule has 3 saturated heterocycles. The van der Waals surface area contributed by atoms with Crippen molar-refractivity contribution in [3.8, 4) is 35.4 Å². The van der Waals surface area contributed by atoms with Gasteiger partial charge >= 0.3 is 6.01 Å². The number of phenolic OH excluding ortho intramolecular Hbond substituents is 1. The highest BCUT2D eigenvalue weighted by Crippen LogP contribution is 2.41. The Morgan fingerprint density at radius 3 is 2.89 bits per heavy atom. The first-order valence-corrected chi connectivity index (χ1v) is 14.6. The van der Waals surface area contributed by atoms with Gasteiger partial charge in [0.05, 0.1) is 35.8 Å². The van der Waals surface area contributed by atoms with Crippen molar-refractivity contribution in [1.29, 1.82) is 0 Å². The van der Waals surface area contributed by atoms with E-state index >= 15 is 4.39 Å². The van der Waals surface area contributed by atoms with Gasteiger partial charge < -0.3 is 24.6 Å². The number of terminal acetylenes is 1. The molecule has 3 fully saturated rings. The van der Waals surface area contributed by atoms with Gasteiger partial charge in [-0.15, -0.1) is 6.42 Å². The number of nitrogens with zero attached hydrogens (tertiary/aromatic N) is 5. The molecule has 0 bridgehead atoms. The number of β-amino-alcohol motifs (C(OH)–C–C–N with tert-alkyl or cyclic N) is 1. The zero-order valence-corrected chi connectivity index (χ0v) is 23.8. The Balaban J connectivity index is 1.38. The van der Waals surface area contributed by atoms with Crippen molar-refractivity contribution in [3.63, 3.8) is 0 Å². The van der Waals surface area contributed by atoms with Gasteiger partial charge in [-0.25, -0.2) is 13.2 Å². The van der Waals surface area contributed by atoms with Crippen molar-refractivity contribution in [2.75, 3.05) is 50.9 Å². The van der Waals surface area contributed by atoms with Crippen LogP contribution in [0.25, 0.3) is 32.9 Å². The van der Waals surface area contributed by atoms with Crippen molar-refractivity contribution < 1.29 is 32.9 Å². The van der Waals surface area contributed by atoms with Crippen LogP contribution in [0.5, 0.6) is 11.8 Å². The van der Waals surface area contributed by atoms with E-state index in [9.17, 15) is 19.0 Å². The molecular weight excluding hydrogens is 575 g/mol. The number of halogens is 3. The molecule has 0 saturated carbocycles. The summed E-state index contributed by atoms with van der Waals surface area (Å²) in [6.07, 6.45) is 7.30. The van der Waals surface area contributed by atoms with E-state index in [-0.39, 0.29) is 64.6 Å². The van der Waals surface area contributed by atoms with Gasteiger partial charge in [0.2, 0.25) is 0 Å². The van der Waals surface area contributed by atoms with Gasteiger partial charge in [-0.3, -0.25) is 9.88 Å². The Bertz CT molecular complexity index is 1820. The number of aromatic nitrogens is 3. The van der Waals surface area contributed by atoms with E-state index in [2.05, 4.69) is 25.8 Å². The van der Waals surface area contributed by atoms with Crippen LogP contribution < -0.4 is 9.64 Å². The molecule has 12 heteroatoms. The Kier molecular flexibility index (Phi) is 7.19. The van der Waals surface area contributed by atoms with Crippen molar-refractivity contribution in [1.82, 2.24) is 19.9 Å². The van der Waals surface area contributed by atoms with Crippen LogP contribution >= 0.6 is 0 Å². The fraction of sp³-hybridized carbons (Fsp3) is 0.406. The van der Waals surface area contributed by atoms with E-state index in [0.717, 1.165) is 19.4 Å². The van der Waals surface area contributed by atoms with Gasteiger partial charge in [-0.1, -0.05) is 12.0 Å². The molecule has 0 amide bonds. The first-order valence-electron chi connectivity index (χ1n) is 14.6. The monoisotopic (exact) mass is 605 g/mol. The smallest absolute Gasteiger partial charge is 0.319 e. The third kappa shape index (κ3) is 4.85. The number of anilines is 1. The van der Waals surface area contributed by atoms with Crippen LogP contribution in [0.4, 0.5) is 19.0 Å². The molecule has 5 heterocycles. The molecule has 7 rings (SSSR count). The van der Waals surface area contributed by atoms with Crippen LogP contribution in [0.1, 0.15) is 24.8 Å². The number of hydrogen-bond acceptors (Lipinski definition) is 9. The SMILES string of the molecule is C#Cc1c(F)ccc2cc(O)cc(-c3ncc4c(N5CCOC[C@H](O)C5)nc(OC[C@@]56CCCN5C[C@H](F)C6)nc4c3F)c12. The van der Waals surface area contributed by atoms with Gasteiger partial charge in [0.15, 0.2) is 5.82 Å². The first-order chi connectivity index (χ1) is 21.3. The lowest BCUT2D eigenvalue weighted by molar-refractivity contribution is 0.0597. The van der Waals surface area contributed by atoms with Crippen LogP contribution in [-0.4, -0.2) is 93.9 Å². The number of aliphatic hydroxyl groups is 1. The highest BCUT2D eigenvalue weighted by molar-refractivity contribution is 6.03. The molecule has 0 aliphatic carbocycles. The number of alkyl halides is 1. The normalized spacial score (nSPS) is 24.0. The summed E-state index contributed by atoms with van der Waals surface area (Å²) in [6.45, 7) is 2.22. The zero-order valence-electron chi connectivity index (χ0n) is 23.8. The van der Waals surface area contributed by atoms with Gasteiger partial charge in [-0.05, 0) is 43.0 Å². The van der Waals surface area contributed by atoms with Crippen molar-refractivity contribution in [2.45, 2.75) is 37.1 Å². The lowest BCUT2D eigenvalue weighted by Crippen LogP contribution is -2.43. The molecule has 4 aromatic rings. The van der Waals surface area contributed by atoms with E-state index in [4.69, 9.17) is 15.9 Å². The van der Waals surface area contributed by atoms with Gasteiger partial charge in [0.1, 0.15) is 41.4 Å². The summed E-state index contributed by atoms with van der Waals surface area (Å²) in [6, 6.07) is 5.22. The van der Waals surface area contributed by atoms with Crippen LogP contribution in [0.15, 0.2) is 30.5 Å². The van der Waals surface area contributed by atoms with E-state index in [1.54, 1.807) is 4.90 Å². The summed E-state index contributed by atoms with van der Waals surface area (Å²) < 4.78 is 57.4. The maximum absolute atomic E-state index is 16.7. The maximum atomic E-state index is 16.7. The predicted octanol–water partition coefficient (Wildman–Crippen LogP) is 3.96. The van der Waals surface area contributed by atoms with Crippen molar-refractivity contribution in [2.24, 2.45) is 0 Å². The summed E-state index contributed by atoms with van der Waals surface area (Å²) >= 11 is 0. The lowest BCUT2D eigenvalue weighted by Gasteiger charge is -2.31. The Morgan fingerprint density at radius 2 is 2.05 bits per heavy atom. The number of benzene rings is 2. The summed E-state index contributed by atoms with van der Waals surface area (Å²) in [4.78, 5) is 17.3. The minimum Gasteiger partial charge on any atom is -0.508 e. The summed E-state index contributed by atoms with van der Waals surface area (Å²) in [7, 11) is 0. The largest absolute Gasteiger partial charge is 0.508 e. The topological polar surface area (TPSA) is 104 Å². The molecule has 228 valence electrons. The Hall–Kier alpha value is -4.18. The molecule has 3 atom stereocenters. The molecule has 0 unspecified atom stereocenters. The zero-order chi connectivity index (χ0) is 30.6. The second-order valence-corrected chi connectivity index (χ2v) is 11.7. The van der Waals surface area contributed by atoms with E-state index in [1.165, 1.54) is 30.5 Å². The molecule has 2 aromatic heterocycles. The maximum Gasteiger partial charge on any atom is 0.319 e. The molecule has 2 N–H and O–H groups in total. The first kappa shape index (κ1) is 28.6. The van der Waals surface area contributed by atoms with Gasteiger partial charge in [0.25, 0.3) is 0 Å². The van der Waals surface area contributed by atoms with Crippen LogP contribution in [-0.2, 0) is 4.74 Å². The van der Waals surface area contributed by atoms with Gasteiger partial charge in [0, 0.05) is 43.2 Å². The quantitative estimate of drug-likeness (QED) is 0.327. The van der Waals surface area contributed by atoms with Crippen molar-refractivity contribution >= 4 is 27.5 Å². The molecule has 9 nitrogen and oxygen atoms in total. The number of rotatable bonds is 5. The number of aromatic hydroxyl groups is 1. The third-order valence-electron chi connectivity index (χ3n) is 8.87. The average Bonchev–Trinajstić information content (AvgIpc) is 3.43. The van der Waals surface area contributed by atoms with E-state index < -0.39 is 29.4 Å². The molecular formula is C32H30F3N5O4. The van der Waals surface area contributed by atoms with Crippen LogP contribution in [0.3, 0.4) is 0 Å². The Labute approximate surface area is 251 Å². The molecule has 44 heavy (non-hydrogen) atoms. The molecule has 3 aliphatic rings. The van der Waals surface area contributed by atoms with E-state index in [0.29, 0.717) is 37.3 Å². The second kappa shape index (κ2) is 11.1. The minimum absolute atomic E-state index is 0.0899. The summed E-state index contributed by atoms with van der Waals surface area (Å²) in [5.41, 5.74) is -0.809. The number of ether oxygens (including phenoxy) is 2. The predicted molar refractivity (Wildman–Crippen MR) is 157 cm³/mol. The standard InChI is InChI=1S/C32H30F3N5O4/c1-2-22-25(34)5-4-18-10-20(41)11-23(26(18)22)28-27(35)29-24(13-36-28)30(39-8-9-43-16-21(42)15-39)38-31(37-29)44-17-32-6-3-7-40(32)14-19(33)12-32/h1,4-5,10-11,13,19,21,41-42H,3,6-9,12,14-17H2/t19-,21-,32+/m1/s1. The Morgan fingerprint density at radius 1 is 1.18 bits per heavy atom. The third-order valence-corrected chi connectivity index (χ3v) is 8.87. The fourth-order valence-corrected chi connectivity index (χ4v) is 6.90. The summed E-state index contributed by atoms with van der Waals surface area (Å²) in [5, 5.41) is 21.8. The molecule has 3 aliphatic heterocycles. The molecule has 0 radical (unpaired) electrons. The van der Waals surface area contributed by atoms with Crippen LogP contribution in [0.2, 0.25) is 0 Å². The number of aliphatic hydroxyl groups excluding tert-OH is 1. The minimum atomic E-state index is -0.952. The molecule has 2 aromatic carbocycles. The number of pyridine rings is 1. The van der Waals surface area contributed by atoms with E-state index in [1.807, 2.05) is 0 Å². The highest BCUT2D eigenvalue weighted by Gasteiger charge is 2.49. The number of hydrogen-bond donors (Lipinski definition) is 2. The van der Waals surface area contributed by atoms with Crippen molar-refractivity contribution in [3.05, 3.63) is 47.7 Å².